The lowest BCUT2D eigenvalue weighted by molar-refractivity contribution is 0.820. The molecule has 2 aromatic carbocycles. The zero-order valence-electron chi connectivity index (χ0n) is 12.0. The molecule has 0 unspecified atom stereocenters. The molecular weight excluding hydrogens is 256 g/mol. The van der Waals surface area contributed by atoms with Crippen molar-refractivity contribution in [2.75, 3.05) is 0 Å². The monoisotopic (exact) mass is 272 g/mol. The molecule has 0 atom stereocenters. The van der Waals surface area contributed by atoms with Gasteiger partial charge in [0, 0.05) is 17.4 Å². The van der Waals surface area contributed by atoms with Crippen molar-refractivity contribution in [2.45, 2.75) is 13.5 Å². The van der Waals surface area contributed by atoms with Gasteiger partial charge in [-0.25, -0.2) is 0 Å². The molecule has 0 saturated carbocycles. The molecule has 0 aliphatic carbocycles. The fourth-order valence-electron chi connectivity index (χ4n) is 2.74. The van der Waals surface area contributed by atoms with Gasteiger partial charge in [0.25, 0.3) is 0 Å². The number of aryl methyl sites for hydroxylation is 1. The molecule has 0 fully saturated rings. The Balaban J connectivity index is 2.22. The van der Waals surface area contributed by atoms with E-state index in [1.165, 1.54) is 5.56 Å². The van der Waals surface area contributed by atoms with E-state index in [1.807, 2.05) is 37.3 Å². The Labute approximate surface area is 124 Å². The molecule has 1 heterocycles. The lowest BCUT2D eigenvalue weighted by Gasteiger charge is -2.07. The molecule has 2 heteroatoms. The minimum atomic E-state index is 0.710. The minimum Gasteiger partial charge on any atom is -0.328 e. The van der Waals surface area contributed by atoms with E-state index >= 15 is 0 Å². The van der Waals surface area contributed by atoms with Crippen molar-refractivity contribution < 1.29 is 0 Å². The first-order valence-corrected chi connectivity index (χ1v) is 6.94. The number of benzene rings is 2. The molecule has 0 amide bonds. The fraction of sp³-hybridized carbons (Fsp3) is 0.105. The number of aromatic nitrogens is 1. The van der Waals surface area contributed by atoms with E-state index < -0.39 is 0 Å². The van der Waals surface area contributed by atoms with Gasteiger partial charge in [0.1, 0.15) is 11.8 Å². The topological polar surface area (TPSA) is 28.7 Å². The highest BCUT2D eigenvalue weighted by molar-refractivity contribution is 5.88. The summed E-state index contributed by atoms with van der Waals surface area (Å²) in [6.45, 7) is 6.53. The van der Waals surface area contributed by atoms with Crippen molar-refractivity contribution in [3.8, 4) is 6.07 Å². The summed E-state index contributed by atoms with van der Waals surface area (Å²) >= 11 is 0. The SMILES string of the molecule is C=Cc1ccc2c(c1)c(C)c(C#N)n2Cc1ccccc1. The second-order valence-corrected chi connectivity index (χ2v) is 5.14. The molecule has 0 radical (unpaired) electrons. The van der Waals surface area contributed by atoms with Crippen LogP contribution in [0.15, 0.2) is 55.1 Å². The molecule has 0 bridgehead atoms. The smallest absolute Gasteiger partial charge is 0.124 e. The van der Waals surface area contributed by atoms with Crippen LogP contribution in [-0.2, 0) is 6.54 Å². The van der Waals surface area contributed by atoms with Gasteiger partial charge in [-0.15, -0.1) is 0 Å². The molecule has 0 N–H and O–H groups in total. The van der Waals surface area contributed by atoms with Crippen LogP contribution in [-0.4, -0.2) is 4.57 Å². The zero-order chi connectivity index (χ0) is 14.8. The number of rotatable bonds is 3. The summed E-state index contributed by atoms with van der Waals surface area (Å²) in [5.74, 6) is 0. The molecular formula is C19H16N2. The fourth-order valence-corrected chi connectivity index (χ4v) is 2.74. The maximum absolute atomic E-state index is 9.51. The van der Waals surface area contributed by atoms with Crippen molar-refractivity contribution in [3.63, 3.8) is 0 Å². The third-order valence-electron chi connectivity index (χ3n) is 3.87. The van der Waals surface area contributed by atoms with Crippen molar-refractivity contribution in [3.05, 3.63) is 77.5 Å². The summed E-state index contributed by atoms with van der Waals surface area (Å²) in [6.07, 6.45) is 1.83. The van der Waals surface area contributed by atoms with E-state index in [0.29, 0.717) is 6.54 Å². The maximum Gasteiger partial charge on any atom is 0.124 e. The third-order valence-corrected chi connectivity index (χ3v) is 3.87. The average Bonchev–Trinajstić information content (AvgIpc) is 2.80. The highest BCUT2D eigenvalue weighted by Crippen LogP contribution is 2.27. The molecule has 0 aliphatic rings. The minimum absolute atomic E-state index is 0.710. The van der Waals surface area contributed by atoms with Crippen LogP contribution in [0, 0.1) is 18.3 Å². The molecule has 3 rings (SSSR count). The standard InChI is InChI=1S/C19H16N2/c1-3-15-9-10-18-17(11-15)14(2)19(12-20)21(18)13-16-7-5-4-6-8-16/h3-11H,1,13H2,2H3. The Morgan fingerprint density at radius 1 is 1.19 bits per heavy atom. The first kappa shape index (κ1) is 13.2. The second-order valence-electron chi connectivity index (χ2n) is 5.14. The van der Waals surface area contributed by atoms with Gasteiger partial charge in [0.15, 0.2) is 0 Å². The summed E-state index contributed by atoms with van der Waals surface area (Å²) in [6, 6.07) is 18.8. The van der Waals surface area contributed by atoms with Gasteiger partial charge in [-0.3, -0.25) is 0 Å². The van der Waals surface area contributed by atoms with Crippen LogP contribution in [0.4, 0.5) is 0 Å². The van der Waals surface area contributed by atoms with Crippen LogP contribution in [0.3, 0.4) is 0 Å². The Bertz CT molecular complexity index is 849. The highest BCUT2D eigenvalue weighted by atomic mass is 15.0. The van der Waals surface area contributed by atoms with Crippen LogP contribution in [0.25, 0.3) is 17.0 Å². The van der Waals surface area contributed by atoms with Crippen LogP contribution in [0.5, 0.6) is 0 Å². The van der Waals surface area contributed by atoms with Crippen molar-refractivity contribution >= 4 is 17.0 Å². The van der Waals surface area contributed by atoms with Gasteiger partial charge in [0.2, 0.25) is 0 Å². The number of hydrogen-bond donors (Lipinski definition) is 0. The summed E-state index contributed by atoms with van der Waals surface area (Å²) in [4.78, 5) is 0. The zero-order valence-corrected chi connectivity index (χ0v) is 12.0. The molecule has 21 heavy (non-hydrogen) atoms. The van der Waals surface area contributed by atoms with Gasteiger partial charge in [-0.1, -0.05) is 49.1 Å². The summed E-state index contributed by atoms with van der Waals surface area (Å²) < 4.78 is 2.09. The number of fused-ring (bicyclic) bond motifs is 1. The lowest BCUT2D eigenvalue weighted by atomic mass is 10.1. The number of nitriles is 1. The quantitative estimate of drug-likeness (QED) is 0.689. The van der Waals surface area contributed by atoms with Crippen molar-refractivity contribution in [1.82, 2.24) is 4.57 Å². The molecule has 0 saturated heterocycles. The molecule has 3 aromatic rings. The van der Waals surface area contributed by atoms with E-state index in [2.05, 4.69) is 41.5 Å². The molecule has 1 aromatic heterocycles. The first-order valence-electron chi connectivity index (χ1n) is 6.94. The van der Waals surface area contributed by atoms with Gasteiger partial charge < -0.3 is 4.57 Å². The van der Waals surface area contributed by atoms with E-state index in [1.54, 1.807) is 0 Å². The van der Waals surface area contributed by atoms with Crippen LogP contribution in [0.1, 0.15) is 22.4 Å². The number of nitrogens with zero attached hydrogens (tertiary/aromatic N) is 2. The van der Waals surface area contributed by atoms with Gasteiger partial charge in [-0.05, 0) is 35.7 Å². The first-order chi connectivity index (χ1) is 10.2. The number of hydrogen-bond acceptors (Lipinski definition) is 1. The Morgan fingerprint density at radius 2 is 1.95 bits per heavy atom. The van der Waals surface area contributed by atoms with Crippen LogP contribution in [0.2, 0.25) is 0 Å². The van der Waals surface area contributed by atoms with Gasteiger partial charge in [0.05, 0.1) is 0 Å². The Kier molecular flexibility index (Phi) is 3.33. The average molecular weight is 272 g/mol. The van der Waals surface area contributed by atoms with Crippen LogP contribution < -0.4 is 0 Å². The normalized spacial score (nSPS) is 10.5. The van der Waals surface area contributed by atoms with E-state index in [4.69, 9.17) is 0 Å². The van der Waals surface area contributed by atoms with E-state index in [9.17, 15) is 5.26 Å². The Morgan fingerprint density at radius 3 is 2.62 bits per heavy atom. The van der Waals surface area contributed by atoms with Gasteiger partial charge in [-0.2, -0.15) is 5.26 Å². The Hall–Kier alpha value is -2.79. The largest absolute Gasteiger partial charge is 0.328 e. The van der Waals surface area contributed by atoms with Crippen molar-refractivity contribution in [2.24, 2.45) is 0 Å². The summed E-state index contributed by atoms with van der Waals surface area (Å²) in [5.41, 5.74) is 5.13. The lowest BCUT2D eigenvalue weighted by Crippen LogP contribution is -2.02. The predicted octanol–water partition coefficient (Wildman–Crippen LogP) is 4.51. The maximum atomic E-state index is 9.51. The molecule has 0 spiro atoms. The molecule has 102 valence electrons. The summed E-state index contributed by atoms with van der Waals surface area (Å²) in [7, 11) is 0. The molecule has 2 nitrogen and oxygen atoms in total. The second kappa shape index (κ2) is 5.30. The highest BCUT2D eigenvalue weighted by Gasteiger charge is 2.14. The van der Waals surface area contributed by atoms with E-state index in [-0.39, 0.29) is 0 Å². The third kappa shape index (κ3) is 2.23. The van der Waals surface area contributed by atoms with E-state index in [0.717, 1.165) is 27.7 Å². The van der Waals surface area contributed by atoms with Crippen LogP contribution >= 0.6 is 0 Å². The summed E-state index contributed by atoms with van der Waals surface area (Å²) in [5, 5.41) is 10.6. The molecule has 0 aliphatic heterocycles. The van der Waals surface area contributed by atoms with Crippen molar-refractivity contribution in [1.29, 1.82) is 5.26 Å². The van der Waals surface area contributed by atoms with Gasteiger partial charge >= 0.3 is 0 Å². The predicted molar refractivity (Wildman–Crippen MR) is 87.0 cm³/mol.